The summed E-state index contributed by atoms with van der Waals surface area (Å²) in [5.41, 5.74) is 4.76. The number of hydrogen-bond acceptors (Lipinski definition) is 3. The van der Waals surface area contributed by atoms with Crippen LogP contribution in [0.25, 0.3) is 10.9 Å². The SMILES string of the molecule is O=C1C[C@H](c2ccc3c(c2)OCO3)c2cn(Cc3cccc(F)c3)c3cccc(c23)N1. The molecule has 0 fully saturated rings. The summed E-state index contributed by atoms with van der Waals surface area (Å²) in [6, 6.07) is 18.4. The molecule has 1 atom stereocenters. The van der Waals surface area contributed by atoms with E-state index in [4.69, 9.17) is 9.47 Å². The van der Waals surface area contributed by atoms with Gasteiger partial charge in [0, 0.05) is 30.5 Å². The lowest BCUT2D eigenvalue weighted by molar-refractivity contribution is -0.116. The minimum Gasteiger partial charge on any atom is -0.454 e. The third-order valence-electron chi connectivity index (χ3n) is 6.02. The van der Waals surface area contributed by atoms with Crippen LogP contribution < -0.4 is 14.8 Å². The van der Waals surface area contributed by atoms with E-state index in [0.717, 1.165) is 39.0 Å². The van der Waals surface area contributed by atoms with Crippen LogP contribution >= 0.6 is 0 Å². The first-order valence-corrected chi connectivity index (χ1v) is 10.2. The van der Waals surface area contributed by atoms with Gasteiger partial charge in [0.1, 0.15) is 5.82 Å². The third kappa shape index (κ3) is 3.03. The van der Waals surface area contributed by atoms with Crippen LogP contribution in [0.5, 0.6) is 11.5 Å². The standard InChI is InChI=1S/C25H19FN2O3/c26-17-4-1-3-15(9-17)12-28-13-19-18(16-7-8-22-23(10-16)31-14-30-22)11-24(29)27-20-5-2-6-21(28)25(19)20/h1-10,13,18H,11-12,14H2,(H,27,29)/t18-/m1/s1. The van der Waals surface area contributed by atoms with Crippen molar-refractivity contribution in [3.8, 4) is 11.5 Å². The minimum absolute atomic E-state index is 0.0250. The number of nitrogens with one attached hydrogen (secondary N) is 1. The highest BCUT2D eigenvalue weighted by Gasteiger charge is 2.29. The fourth-order valence-corrected chi connectivity index (χ4v) is 4.64. The van der Waals surface area contributed by atoms with Gasteiger partial charge >= 0.3 is 0 Å². The molecule has 6 heteroatoms. The Balaban J connectivity index is 1.51. The summed E-state index contributed by atoms with van der Waals surface area (Å²) < 4.78 is 26.9. The van der Waals surface area contributed by atoms with E-state index in [1.165, 1.54) is 6.07 Å². The van der Waals surface area contributed by atoms with Crippen LogP contribution in [0.1, 0.15) is 29.0 Å². The summed E-state index contributed by atoms with van der Waals surface area (Å²) in [6.45, 7) is 0.751. The highest BCUT2D eigenvalue weighted by molar-refractivity contribution is 6.06. The van der Waals surface area contributed by atoms with Crippen molar-refractivity contribution < 1.29 is 18.7 Å². The molecular weight excluding hydrogens is 395 g/mol. The zero-order chi connectivity index (χ0) is 20.9. The van der Waals surface area contributed by atoms with E-state index in [9.17, 15) is 9.18 Å². The molecule has 6 rings (SSSR count). The predicted octanol–water partition coefficient (Wildman–Crippen LogP) is 5.03. The van der Waals surface area contributed by atoms with Gasteiger partial charge in [-0.25, -0.2) is 4.39 Å². The Hall–Kier alpha value is -3.80. The Morgan fingerprint density at radius 3 is 2.81 bits per heavy atom. The Labute approximate surface area is 178 Å². The van der Waals surface area contributed by atoms with Crippen LogP contribution in [-0.4, -0.2) is 17.3 Å². The molecule has 1 amide bonds. The van der Waals surface area contributed by atoms with E-state index < -0.39 is 0 Å². The quantitative estimate of drug-likeness (QED) is 0.512. The predicted molar refractivity (Wildman–Crippen MR) is 115 cm³/mol. The number of carbonyl (C=O) groups is 1. The van der Waals surface area contributed by atoms with Crippen molar-refractivity contribution in [1.29, 1.82) is 0 Å². The number of aromatic nitrogens is 1. The molecule has 0 aliphatic carbocycles. The molecule has 1 aromatic heterocycles. The zero-order valence-electron chi connectivity index (χ0n) is 16.6. The first kappa shape index (κ1) is 18.0. The summed E-state index contributed by atoms with van der Waals surface area (Å²) in [7, 11) is 0. The second-order valence-electron chi connectivity index (χ2n) is 7.96. The highest BCUT2D eigenvalue weighted by atomic mass is 19.1. The molecule has 0 spiro atoms. The van der Waals surface area contributed by atoms with Gasteiger partial charge in [0.2, 0.25) is 12.7 Å². The monoisotopic (exact) mass is 414 g/mol. The molecule has 31 heavy (non-hydrogen) atoms. The zero-order valence-corrected chi connectivity index (χ0v) is 16.6. The third-order valence-corrected chi connectivity index (χ3v) is 6.02. The van der Waals surface area contributed by atoms with Crippen LogP contribution in [0, 0.1) is 5.82 Å². The van der Waals surface area contributed by atoms with Crippen molar-refractivity contribution in [2.75, 3.05) is 12.1 Å². The molecule has 3 aromatic carbocycles. The Bertz CT molecular complexity index is 1340. The van der Waals surface area contributed by atoms with Crippen LogP contribution in [0.4, 0.5) is 10.1 Å². The number of hydrogen-bond donors (Lipinski definition) is 1. The Morgan fingerprint density at radius 1 is 1.03 bits per heavy atom. The average Bonchev–Trinajstić information content (AvgIpc) is 3.33. The number of anilines is 1. The minimum atomic E-state index is -0.249. The molecular formula is C25H19FN2O3. The van der Waals surface area contributed by atoms with Gasteiger partial charge in [-0.2, -0.15) is 0 Å². The molecule has 0 saturated heterocycles. The molecule has 3 heterocycles. The van der Waals surface area contributed by atoms with Gasteiger partial charge in [-0.3, -0.25) is 4.79 Å². The number of carbonyl (C=O) groups excluding carboxylic acids is 1. The van der Waals surface area contributed by atoms with E-state index >= 15 is 0 Å². The van der Waals surface area contributed by atoms with Crippen LogP contribution in [0.2, 0.25) is 0 Å². The van der Waals surface area contributed by atoms with Crippen LogP contribution in [0.15, 0.2) is 66.9 Å². The smallest absolute Gasteiger partial charge is 0.231 e. The number of ether oxygens (including phenoxy) is 2. The van der Waals surface area contributed by atoms with Crippen molar-refractivity contribution in [2.24, 2.45) is 0 Å². The van der Waals surface area contributed by atoms with E-state index in [1.807, 2.05) is 42.5 Å². The number of benzene rings is 3. The van der Waals surface area contributed by atoms with Crippen molar-refractivity contribution >= 4 is 22.5 Å². The highest BCUT2D eigenvalue weighted by Crippen LogP contribution is 2.43. The molecule has 4 aromatic rings. The summed E-state index contributed by atoms with van der Waals surface area (Å²) in [5.74, 6) is 1.01. The molecule has 5 nitrogen and oxygen atoms in total. The number of nitrogens with zero attached hydrogens (tertiary/aromatic N) is 1. The fraction of sp³-hybridized carbons (Fsp3) is 0.160. The second-order valence-corrected chi connectivity index (χ2v) is 7.96. The van der Waals surface area contributed by atoms with Gasteiger partial charge in [0.15, 0.2) is 11.5 Å². The summed E-state index contributed by atoms with van der Waals surface area (Å²) >= 11 is 0. The maximum Gasteiger partial charge on any atom is 0.231 e. The molecule has 0 unspecified atom stereocenters. The second kappa shape index (κ2) is 6.87. The summed E-state index contributed by atoms with van der Waals surface area (Å²) in [4.78, 5) is 12.7. The van der Waals surface area contributed by atoms with Gasteiger partial charge in [-0.05, 0) is 53.1 Å². The maximum atomic E-state index is 13.7. The fourth-order valence-electron chi connectivity index (χ4n) is 4.64. The first-order valence-electron chi connectivity index (χ1n) is 10.2. The number of halogens is 1. The lowest BCUT2D eigenvalue weighted by Crippen LogP contribution is -2.14. The topological polar surface area (TPSA) is 52.5 Å². The Kier molecular flexibility index (Phi) is 3.99. The molecule has 2 aliphatic heterocycles. The number of rotatable bonds is 3. The lowest BCUT2D eigenvalue weighted by atomic mass is 9.88. The van der Waals surface area contributed by atoms with E-state index in [2.05, 4.69) is 16.1 Å². The molecule has 154 valence electrons. The van der Waals surface area contributed by atoms with Crippen LogP contribution in [-0.2, 0) is 11.3 Å². The van der Waals surface area contributed by atoms with Gasteiger partial charge in [0.25, 0.3) is 0 Å². The maximum absolute atomic E-state index is 13.7. The van der Waals surface area contributed by atoms with E-state index in [1.54, 1.807) is 12.1 Å². The van der Waals surface area contributed by atoms with E-state index in [0.29, 0.717) is 18.7 Å². The first-order chi connectivity index (χ1) is 15.2. The molecule has 0 radical (unpaired) electrons. The molecule has 1 N–H and O–H groups in total. The van der Waals surface area contributed by atoms with Crippen molar-refractivity contribution in [3.05, 3.63) is 89.4 Å². The van der Waals surface area contributed by atoms with Gasteiger partial charge < -0.3 is 19.4 Å². The lowest BCUT2D eigenvalue weighted by Gasteiger charge is -2.15. The van der Waals surface area contributed by atoms with Gasteiger partial charge in [0.05, 0.1) is 11.2 Å². The normalized spacial score (nSPS) is 16.9. The van der Waals surface area contributed by atoms with Gasteiger partial charge in [-0.1, -0.05) is 24.3 Å². The summed E-state index contributed by atoms with van der Waals surface area (Å²) in [6.07, 6.45) is 2.42. The molecule has 2 aliphatic rings. The van der Waals surface area contributed by atoms with Crippen molar-refractivity contribution in [1.82, 2.24) is 4.57 Å². The average molecular weight is 414 g/mol. The van der Waals surface area contributed by atoms with Gasteiger partial charge in [-0.15, -0.1) is 0 Å². The van der Waals surface area contributed by atoms with E-state index in [-0.39, 0.29) is 24.4 Å². The van der Waals surface area contributed by atoms with Crippen molar-refractivity contribution in [3.63, 3.8) is 0 Å². The van der Waals surface area contributed by atoms with Crippen LogP contribution in [0.3, 0.4) is 0 Å². The number of amides is 1. The number of fused-ring (bicyclic) bond motifs is 1. The van der Waals surface area contributed by atoms with Crippen molar-refractivity contribution in [2.45, 2.75) is 18.9 Å². The molecule has 0 saturated carbocycles. The summed E-state index contributed by atoms with van der Waals surface area (Å²) in [5, 5.41) is 4.08. The largest absolute Gasteiger partial charge is 0.454 e. The molecule has 0 bridgehead atoms. The Morgan fingerprint density at radius 2 is 1.90 bits per heavy atom.